The molecule has 2 aromatic carbocycles. The summed E-state index contributed by atoms with van der Waals surface area (Å²) in [6.45, 7) is 4.37. The number of aromatic nitrogens is 2. The van der Waals surface area contributed by atoms with Crippen LogP contribution in [0.1, 0.15) is 25.0 Å². The van der Waals surface area contributed by atoms with Gasteiger partial charge in [-0.15, -0.1) is 0 Å². The maximum absolute atomic E-state index is 10.3. The van der Waals surface area contributed by atoms with Gasteiger partial charge in [-0.2, -0.15) is 0 Å². The van der Waals surface area contributed by atoms with E-state index in [0.29, 0.717) is 0 Å². The molecule has 0 aliphatic carbocycles. The summed E-state index contributed by atoms with van der Waals surface area (Å²) in [5.41, 5.74) is 6.43. The molecule has 0 radical (unpaired) electrons. The fourth-order valence-corrected chi connectivity index (χ4v) is 3.73. The van der Waals surface area contributed by atoms with E-state index in [-0.39, 0.29) is 0 Å². The number of hydrogen-bond acceptors (Lipinski definition) is 3. The minimum absolute atomic E-state index is 0.761. The van der Waals surface area contributed by atoms with Crippen LogP contribution >= 0.6 is 0 Å². The molecule has 0 spiro atoms. The van der Waals surface area contributed by atoms with Crippen LogP contribution in [0.25, 0.3) is 28.0 Å². The molecule has 0 unspecified atom stereocenters. The van der Waals surface area contributed by atoms with Gasteiger partial charge >= 0.3 is 0 Å². The van der Waals surface area contributed by atoms with E-state index in [2.05, 4.69) is 41.1 Å². The minimum Gasteiger partial charge on any atom is -0.493 e. The van der Waals surface area contributed by atoms with Crippen LogP contribution in [-0.2, 0) is 12.0 Å². The van der Waals surface area contributed by atoms with Gasteiger partial charge in [0.25, 0.3) is 0 Å². The maximum Gasteiger partial charge on any atom is 0.137 e. The summed E-state index contributed by atoms with van der Waals surface area (Å²) < 4.78 is 7.66. The van der Waals surface area contributed by atoms with Crippen molar-refractivity contribution in [2.24, 2.45) is 0 Å². The Morgan fingerprint density at radius 3 is 2.68 bits per heavy atom. The molecule has 4 heteroatoms. The molecule has 0 bridgehead atoms. The number of benzene rings is 2. The van der Waals surface area contributed by atoms with Crippen LogP contribution in [0.2, 0.25) is 0 Å². The van der Waals surface area contributed by atoms with Gasteiger partial charge in [0.15, 0.2) is 0 Å². The summed E-state index contributed by atoms with van der Waals surface area (Å²) in [6, 6.07) is 18.4. The molecule has 0 saturated heterocycles. The van der Waals surface area contributed by atoms with Gasteiger partial charge in [-0.25, -0.2) is 4.98 Å². The number of hydrogen-bond donors (Lipinski definition) is 1. The Hall–Kier alpha value is -3.11. The lowest BCUT2D eigenvalue weighted by atomic mass is 9.95. The van der Waals surface area contributed by atoms with Gasteiger partial charge in [0.2, 0.25) is 0 Å². The monoisotopic (exact) mass is 370 g/mol. The minimum atomic E-state index is -0.862. The Morgan fingerprint density at radius 2 is 1.82 bits per heavy atom. The van der Waals surface area contributed by atoms with Crippen LogP contribution in [0.4, 0.5) is 0 Å². The van der Waals surface area contributed by atoms with E-state index < -0.39 is 5.60 Å². The molecular formula is C24H22N2O2. The molecular weight excluding hydrogens is 348 g/mol. The molecule has 4 aromatic rings. The lowest BCUT2D eigenvalue weighted by Gasteiger charge is -2.18. The largest absolute Gasteiger partial charge is 0.493 e. The molecule has 0 saturated carbocycles. The lowest BCUT2D eigenvalue weighted by Crippen LogP contribution is -2.15. The molecule has 140 valence electrons. The number of rotatable bonds is 3. The van der Waals surface area contributed by atoms with Crippen molar-refractivity contribution in [1.82, 2.24) is 9.38 Å². The highest BCUT2D eigenvalue weighted by atomic mass is 16.5. The first kappa shape index (κ1) is 17.0. The van der Waals surface area contributed by atoms with Crippen LogP contribution in [0.5, 0.6) is 5.75 Å². The summed E-state index contributed by atoms with van der Waals surface area (Å²) in [5.74, 6) is 0.987. The first-order valence-electron chi connectivity index (χ1n) is 9.55. The molecule has 4 nitrogen and oxygen atoms in total. The van der Waals surface area contributed by atoms with Crippen molar-refractivity contribution in [2.45, 2.75) is 25.9 Å². The third-order valence-corrected chi connectivity index (χ3v) is 5.34. The number of pyridine rings is 1. The molecule has 2 aromatic heterocycles. The van der Waals surface area contributed by atoms with Crippen LogP contribution in [-0.4, -0.2) is 21.1 Å². The molecule has 1 N–H and O–H groups in total. The average molecular weight is 370 g/mol. The lowest BCUT2D eigenvalue weighted by molar-refractivity contribution is 0.0786. The van der Waals surface area contributed by atoms with E-state index in [1.54, 1.807) is 13.8 Å². The Bertz CT molecular complexity index is 1180. The number of nitrogens with zero attached hydrogens (tertiary/aromatic N) is 2. The molecule has 0 amide bonds. The van der Waals surface area contributed by atoms with Crippen molar-refractivity contribution in [2.75, 3.05) is 6.61 Å². The highest BCUT2D eigenvalue weighted by Crippen LogP contribution is 2.31. The van der Waals surface area contributed by atoms with Gasteiger partial charge in [-0.1, -0.05) is 18.2 Å². The third kappa shape index (κ3) is 2.96. The smallest absolute Gasteiger partial charge is 0.137 e. The van der Waals surface area contributed by atoms with E-state index in [4.69, 9.17) is 9.72 Å². The summed E-state index contributed by atoms with van der Waals surface area (Å²) in [7, 11) is 0. The van der Waals surface area contributed by atoms with Gasteiger partial charge < -0.3 is 14.2 Å². The van der Waals surface area contributed by atoms with Crippen molar-refractivity contribution >= 4 is 5.65 Å². The van der Waals surface area contributed by atoms with Crippen LogP contribution in [0.15, 0.2) is 67.0 Å². The Balaban J connectivity index is 1.54. The molecule has 3 heterocycles. The second kappa shape index (κ2) is 6.21. The molecule has 0 fully saturated rings. The molecule has 5 rings (SSSR count). The Labute approximate surface area is 164 Å². The third-order valence-electron chi connectivity index (χ3n) is 5.34. The predicted molar refractivity (Wildman–Crippen MR) is 111 cm³/mol. The predicted octanol–water partition coefficient (Wildman–Crippen LogP) is 4.83. The number of ether oxygens (including phenoxy) is 1. The van der Waals surface area contributed by atoms with Gasteiger partial charge in [0, 0.05) is 24.4 Å². The summed E-state index contributed by atoms with van der Waals surface area (Å²) in [6.07, 6.45) is 5.11. The molecule has 1 aliphatic rings. The molecule has 28 heavy (non-hydrogen) atoms. The normalized spacial score (nSPS) is 13.5. The van der Waals surface area contributed by atoms with Gasteiger partial charge in [-0.05, 0) is 72.5 Å². The number of imidazole rings is 1. The van der Waals surface area contributed by atoms with E-state index in [1.165, 1.54) is 5.56 Å². The van der Waals surface area contributed by atoms with Crippen molar-refractivity contribution in [1.29, 1.82) is 0 Å². The highest BCUT2D eigenvalue weighted by molar-refractivity contribution is 5.69. The second-order valence-electron chi connectivity index (χ2n) is 7.87. The average Bonchev–Trinajstić information content (AvgIpc) is 3.32. The van der Waals surface area contributed by atoms with E-state index in [1.807, 2.05) is 30.3 Å². The van der Waals surface area contributed by atoms with E-state index in [0.717, 1.165) is 52.4 Å². The second-order valence-corrected chi connectivity index (χ2v) is 7.87. The molecule has 1 aliphatic heterocycles. The van der Waals surface area contributed by atoms with Crippen molar-refractivity contribution < 1.29 is 9.84 Å². The quantitative estimate of drug-likeness (QED) is 0.562. The Kier molecular flexibility index (Phi) is 3.78. The van der Waals surface area contributed by atoms with Crippen LogP contribution in [0.3, 0.4) is 0 Å². The fourth-order valence-electron chi connectivity index (χ4n) is 3.73. The first-order chi connectivity index (χ1) is 13.5. The van der Waals surface area contributed by atoms with Gasteiger partial charge in [0.05, 0.1) is 17.9 Å². The number of fused-ring (bicyclic) bond motifs is 2. The summed E-state index contributed by atoms with van der Waals surface area (Å²) >= 11 is 0. The van der Waals surface area contributed by atoms with Crippen molar-refractivity contribution in [3.8, 4) is 28.1 Å². The van der Waals surface area contributed by atoms with Gasteiger partial charge in [0.1, 0.15) is 11.4 Å². The zero-order valence-electron chi connectivity index (χ0n) is 16.0. The molecule has 0 atom stereocenters. The van der Waals surface area contributed by atoms with Crippen LogP contribution < -0.4 is 4.74 Å². The van der Waals surface area contributed by atoms with E-state index >= 15 is 0 Å². The van der Waals surface area contributed by atoms with Crippen molar-refractivity contribution in [3.05, 3.63) is 78.1 Å². The zero-order chi connectivity index (χ0) is 19.3. The summed E-state index contributed by atoms with van der Waals surface area (Å²) in [5, 5.41) is 10.3. The standard InChI is InChI=1S/C24H22N2O2/c1-24(2,27)20-5-3-4-16(13-20)19-7-9-23-25-21(15-26(23)14-19)17-6-8-22-18(12-17)10-11-28-22/h3-9,12-15,27H,10-11H2,1-2H3. The topological polar surface area (TPSA) is 46.8 Å². The SMILES string of the molecule is CC(C)(O)c1cccc(-c2ccc3nc(-c4ccc5c(c4)CCO5)cn3c2)c1. The first-order valence-corrected chi connectivity index (χ1v) is 9.55. The highest BCUT2D eigenvalue weighted by Gasteiger charge is 2.17. The maximum atomic E-state index is 10.3. The van der Waals surface area contributed by atoms with E-state index in [9.17, 15) is 5.11 Å². The number of aliphatic hydroxyl groups is 1. The zero-order valence-corrected chi connectivity index (χ0v) is 16.0. The van der Waals surface area contributed by atoms with Crippen LogP contribution in [0, 0.1) is 0 Å². The van der Waals surface area contributed by atoms with Gasteiger partial charge in [-0.3, -0.25) is 0 Å². The fraction of sp³-hybridized carbons (Fsp3) is 0.208. The Morgan fingerprint density at radius 1 is 0.964 bits per heavy atom. The van der Waals surface area contributed by atoms with Crippen molar-refractivity contribution in [3.63, 3.8) is 0 Å². The summed E-state index contributed by atoms with van der Waals surface area (Å²) in [4.78, 5) is 4.78.